The summed E-state index contributed by atoms with van der Waals surface area (Å²) < 4.78 is 12.7. The van der Waals surface area contributed by atoms with Gasteiger partial charge < -0.3 is 5.73 Å². The Hall–Kier alpha value is -1.49. The van der Waals surface area contributed by atoms with Gasteiger partial charge in [0, 0.05) is 0 Å². The van der Waals surface area contributed by atoms with Crippen molar-refractivity contribution in [1.82, 2.24) is 10.3 Å². The Morgan fingerprint density at radius 2 is 2.33 bits per heavy atom. The van der Waals surface area contributed by atoms with E-state index in [9.17, 15) is 9.18 Å². The standard InChI is InChI=1S/C10H14FN3O/c1-3-14-10(2,9(12)15)8-5-4-7(11)6-13-8/h4-6,14H,3H2,1-2H3,(H2,12,15). The molecule has 0 aliphatic rings. The SMILES string of the molecule is CCNC(C)(C(N)=O)c1ccc(F)cn1. The highest BCUT2D eigenvalue weighted by atomic mass is 19.1. The summed E-state index contributed by atoms with van der Waals surface area (Å²) >= 11 is 0. The number of carbonyl (C=O) groups is 1. The number of primary amides is 1. The Labute approximate surface area is 87.7 Å². The number of aromatic nitrogens is 1. The van der Waals surface area contributed by atoms with Crippen LogP contribution in [0.2, 0.25) is 0 Å². The molecule has 1 heterocycles. The zero-order chi connectivity index (χ0) is 11.5. The minimum absolute atomic E-state index is 0.415. The van der Waals surface area contributed by atoms with Gasteiger partial charge >= 0.3 is 0 Å². The molecule has 1 amide bonds. The summed E-state index contributed by atoms with van der Waals surface area (Å²) in [6, 6.07) is 2.70. The highest BCUT2D eigenvalue weighted by Crippen LogP contribution is 2.17. The average Bonchev–Trinajstić information content (AvgIpc) is 2.18. The lowest BCUT2D eigenvalue weighted by Gasteiger charge is -2.26. The molecule has 1 atom stereocenters. The minimum atomic E-state index is -1.05. The molecule has 0 saturated carbocycles. The maximum Gasteiger partial charge on any atom is 0.243 e. The second-order valence-corrected chi connectivity index (χ2v) is 3.38. The number of rotatable bonds is 4. The van der Waals surface area contributed by atoms with Gasteiger partial charge in [-0.2, -0.15) is 0 Å². The van der Waals surface area contributed by atoms with Crippen LogP contribution in [0.5, 0.6) is 0 Å². The Kier molecular flexibility index (Phi) is 3.36. The van der Waals surface area contributed by atoms with E-state index in [0.717, 1.165) is 6.20 Å². The number of hydrogen-bond donors (Lipinski definition) is 2. The first-order valence-corrected chi connectivity index (χ1v) is 4.67. The number of pyridine rings is 1. The molecular formula is C10H14FN3O. The second-order valence-electron chi connectivity index (χ2n) is 3.38. The van der Waals surface area contributed by atoms with Crippen LogP contribution in [0.25, 0.3) is 0 Å². The topological polar surface area (TPSA) is 68.0 Å². The Balaban J connectivity index is 3.09. The third-order valence-corrected chi connectivity index (χ3v) is 2.26. The van der Waals surface area contributed by atoms with E-state index in [-0.39, 0.29) is 0 Å². The van der Waals surface area contributed by atoms with Crippen LogP contribution in [0.15, 0.2) is 18.3 Å². The van der Waals surface area contributed by atoms with E-state index in [0.29, 0.717) is 12.2 Å². The molecule has 5 heteroatoms. The molecule has 1 aromatic heterocycles. The van der Waals surface area contributed by atoms with Crippen molar-refractivity contribution in [3.8, 4) is 0 Å². The highest BCUT2D eigenvalue weighted by molar-refractivity contribution is 5.85. The summed E-state index contributed by atoms with van der Waals surface area (Å²) in [5, 5.41) is 2.93. The molecule has 15 heavy (non-hydrogen) atoms. The van der Waals surface area contributed by atoms with Crippen LogP contribution in [0, 0.1) is 5.82 Å². The van der Waals surface area contributed by atoms with Gasteiger partial charge in [-0.1, -0.05) is 6.92 Å². The van der Waals surface area contributed by atoms with Crippen LogP contribution in [0.4, 0.5) is 4.39 Å². The van der Waals surface area contributed by atoms with Gasteiger partial charge in [-0.25, -0.2) is 4.39 Å². The van der Waals surface area contributed by atoms with Gasteiger partial charge in [0.15, 0.2) is 0 Å². The number of nitrogens with two attached hydrogens (primary N) is 1. The van der Waals surface area contributed by atoms with Crippen LogP contribution >= 0.6 is 0 Å². The molecule has 0 aliphatic heterocycles. The molecule has 1 rings (SSSR count). The molecule has 0 spiro atoms. The number of amides is 1. The Morgan fingerprint density at radius 3 is 2.73 bits per heavy atom. The number of carbonyl (C=O) groups excluding carboxylic acids is 1. The number of hydrogen-bond acceptors (Lipinski definition) is 3. The summed E-state index contributed by atoms with van der Waals surface area (Å²) in [6.45, 7) is 4.04. The van der Waals surface area contributed by atoms with E-state index in [2.05, 4.69) is 10.3 Å². The number of nitrogens with zero attached hydrogens (tertiary/aromatic N) is 1. The third kappa shape index (κ3) is 2.30. The lowest BCUT2D eigenvalue weighted by Crippen LogP contribution is -2.50. The highest BCUT2D eigenvalue weighted by Gasteiger charge is 2.33. The predicted molar refractivity (Wildman–Crippen MR) is 54.4 cm³/mol. The summed E-state index contributed by atoms with van der Waals surface area (Å²) in [7, 11) is 0. The molecule has 82 valence electrons. The van der Waals surface area contributed by atoms with E-state index in [1.807, 2.05) is 6.92 Å². The molecule has 0 aliphatic carbocycles. The van der Waals surface area contributed by atoms with E-state index in [4.69, 9.17) is 5.73 Å². The van der Waals surface area contributed by atoms with Crippen molar-refractivity contribution in [3.05, 3.63) is 29.8 Å². The number of halogens is 1. The van der Waals surface area contributed by atoms with Gasteiger partial charge in [0.1, 0.15) is 11.4 Å². The fourth-order valence-electron chi connectivity index (χ4n) is 1.33. The lowest BCUT2D eigenvalue weighted by molar-refractivity contribution is -0.124. The van der Waals surface area contributed by atoms with Crippen LogP contribution < -0.4 is 11.1 Å². The zero-order valence-corrected chi connectivity index (χ0v) is 8.75. The van der Waals surface area contributed by atoms with Crippen LogP contribution in [0.1, 0.15) is 19.5 Å². The predicted octanol–water partition coefficient (Wildman–Crippen LogP) is 0.531. The fourth-order valence-corrected chi connectivity index (χ4v) is 1.33. The van der Waals surface area contributed by atoms with Crippen LogP contribution in [0.3, 0.4) is 0 Å². The molecule has 3 N–H and O–H groups in total. The molecule has 0 bridgehead atoms. The Morgan fingerprint density at radius 1 is 1.67 bits per heavy atom. The van der Waals surface area contributed by atoms with Gasteiger partial charge in [-0.15, -0.1) is 0 Å². The van der Waals surface area contributed by atoms with Gasteiger partial charge in [-0.3, -0.25) is 15.1 Å². The normalized spacial score (nSPS) is 14.6. The summed E-state index contributed by atoms with van der Waals surface area (Å²) in [6.07, 6.45) is 1.06. The monoisotopic (exact) mass is 211 g/mol. The first-order chi connectivity index (χ1) is 7.00. The van der Waals surface area contributed by atoms with E-state index in [1.54, 1.807) is 6.92 Å². The molecule has 1 aromatic rings. The summed E-state index contributed by atoms with van der Waals surface area (Å²) in [5.41, 5.74) is 4.65. The second kappa shape index (κ2) is 4.35. The summed E-state index contributed by atoms with van der Waals surface area (Å²) in [4.78, 5) is 15.2. The molecule has 0 radical (unpaired) electrons. The smallest absolute Gasteiger partial charge is 0.243 e. The third-order valence-electron chi connectivity index (χ3n) is 2.26. The fraction of sp³-hybridized carbons (Fsp3) is 0.400. The van der Waals surface area contributed by atoms with Gasteiger partial charge in [-0.05, 0) is 25.6 Å². The maximum absolute atomic E-state index is 12.7. The minimum Gasteiger partial charge on any atom is -0.368 e. The molecular weight excluding hydrogens is 197 g/mol. The Bertz CT molecular complexity index is 352. The maximum atomic E-state index is 12.7. The van der Waals surface area contributed by atoms with Crippen molar-refractivity contribution in [3.63, 3.8) is 0 Å². The van der Waals surface area contributed by atoms with E-state index >= 15 is 0 Å². The van der Waals surface area contributed by atoms with Crippen molar-refractivity contribution < 1.29 is 9.18 Å². The van der Waals surface area contributed by atoms with Crippen molar-refractivity contribution >= 4 is 5.91 Å². The van der Waals surface area contributed by atoms with Crippen molar-refractivity contribution in [2.24, 2.45) is 5.73 Å². The zero-order valence-electron chi connectivity index (χ0n) is 8.75. The first kappa shape index (κ1) is 11.6. The number of likely N-dealkylation sites (N-methyl/N-ethyl adjacent to an activating group) is 1. The quantitative estimate of drug-likeness (QED) is 0.763. The van der Waals surface area contributed by atoms with Crippen LogP contribution in [-0.2, 0) is 10.3 Å². The van der Waals surface area contributed by atoms with Crippen molar-refractivity contribution in [2.75, 3.05) is 6.54 Å². The lowest BCUT2D eigenvalue weighted by atomic mass is 9.96. The summed E-state index contributed by atoms with van der Waals surface area (Å²) in [5.74, 6) is -0.981. The average molecular weight is 211 g/mol. The molecule has 0 fully saturated rings. The number of nitrogens with one attached hydrogen (secondary N) is 1. The van der Waals surface area contributed by atoms with Crippen molar-refractivity contribution in [1.29, 1.82) is 0 Å². The van der Waals surface area contributed by atoms with Crippen molar-refractivity contribution in [2.45, 2.75) is 19.4 Å². The molecule has 0 saturated heterocycles. The molecule has 0 aromatic carbocycles. The first-order valence-electron chi connectivity index (χ1n) is 4.67. The molecule has 4 nitrogen and oxygen atoms in total. The van der Waals surface area contributed by atoms with E-state index in [1.165, 1.54) is 12.1 Å². The van der Waals surface area contributed by atoms with E-state index < -0.39 is 17.3 Å². The van der Waals surface area contributed by atoms with Gasteiger partial charge in [0.25, 0.3) is 0 Å². The largest absolute Gasteiger partial charge is 0.368 e. The van der Waals surface area contributed by atoms with Gasteiger partial charge in [0.05, 0.1) is 11.9 Å². The molecule has 1 unspecified atom stereocenters. The van der Waals surface area contributed by atoms with Gasteiger partial charge in [0.2, 0.25) is 5.91 Å². The van der Waals surface area contributed by atoms with Crippen LogP contribution in [-0.4, -0.2) is 17.4 Å².